The first-order valence-electron chi connectivity index (χ1n) is 11.5. The van der Waals surface area contributed by atoms with Gasteiger partial charge in [0.1, 0.15) is 17.3 Å². The second-order valence-electron chi connectivity index (χ2n) is 10.3. The van der Waals surface area contributed by atoms with E-state index < -0.39 is 52.7 Å². The molecular weight excluding hydrogens is 440 g/mol. The molecule has 2 aromatic rings. The summed E-state index contributed by atoms with van der Waals surface area (Å²) in [6.07, 6.45) is -0.475. The summed E-state index contributed by atoms with van der Waals surface area (Å²) >= 11 is 0. The van der Waals surface area contributed by atoms with E-state index >= 15 is 0 Å². The smallest absolute Gasteiger partial charge is 0.303 e. The highest BCUT2D eigenvalue weighted by molar-refractivity contribution is 5.85. The highest BCUT2D eigenvalue weighted by Crippen LogP contribution is 2.64. The number of rotatable bonds is 3. The maximum atomic E-state index is 12.7. The summed E-state index contributed by atoms with van der Waals surface area (Å²) in [5.74, 6) is -1.66. The van der Waals surface area contributed by atoms with Crippen LogP contribution in [-0.2, 0) is 34.0 Å². The highest BCUT2D eigenvalue weighted by Gasteiger charge is 2.73. The lowest BCUT2D eigenvalue weighted by atomic mass is 9.44. The zero-order valence-electron chi connectivity index (χ0n) is 20.7. The molecule has 0 saturated heterocycles. The standard InChI is InChI=1S/C26H32O8/c1-13-17-9-11-31-19(17)12-18-21(13)22(33-15(3)28)23(34-16(4)29)26(30)24(5,6)10-8-20(25(18,26)7)32-14(2)27/h9,11-12,20,22-23,30H,8,10H2,1-7H3/t20-,22-,23-,25+,26+/m0/s1. The molecule has 1 heterocycles. The maximum absolute atomic E-state index is 12.7. The van der Waals surface area contributed by atoms with Crippen molar-refractivity contribution >= 4 is 28.9 Å². The van der Waals surface area contributed by atoms with E-state index in [1.807, 2.05) is 39.8 Å². The topological polar surface area (TPSA) is 112 Å². The van der Waals surface area contributed by atoms with Gasteiger partial charge in [0.25, 0.3) is 0 Å². The Morgan fingerprint density at radius 1 is 1.03 bits per heavy atom. The molecule has 0 bridgehead atoms. The molecule has 0 spiro atoms. The second kappa shape index (κ2) is 7.83. The van der Waals surface area contributed by atoms with E-state index in [1.54, 1.807) is 6.26 Å². The van der Waals surface area contributed by atoms with Crippen LogP contribution >= 0.6 is 0 Å². The number of hydrogen-bond donors (Lipinski definition) is 1. The van der Waals surface area contributed by atoms with Crippen molar-refractivity contribution in [1.82, 2.24) is 0 Å². The van der Waals surface area contributed by atoms with Crippen LogP contribution in [0.5, 0.6) is 0 Å². The monoisotopic (exact) mass is 472 g/mol. The molecular formula is C26H32O8. The zero-order chi connectivity index (χ0) is 25.2. The van der Waals surface area contributed by atoms with Crippen molar-refractivity contribution in [2.24, 2.45) is 5.41 Å². The van der Waals surface area contributed by atoms with Crippen LogP contribution in [0.4, 0.5) is 0 Å². The van der Waals surface area contributed by atoms with Crippen molar-refractivity contribution in [2.75, 3.05) is 0 Å². The molecule has 1 aromatic heterocycles. The fraction of sp³-hybridized carbons (Fsp3) is 0.577. The van der Waals surface area contributed by atoms with Gasteiger partial charge in [-0.15, -0.1) is 0 Å². The first kappa shape index (κ1) is 24.3. The Bertz CT molecular complexity index is 1180. The Kier molecular flexibility index (Phi) is 5.59. The highest BCUT2D eigenvalue weighted by atomic mass is 16.6. The fourth-order valence-electron chi connectivity index (χ4n) is 6.45. The number of furan rings is 1. The summed E-state index contributed by atoms with van der Waals surface area (Å²) in [6.45, 7) is 11.3. The Balaban J connectivity index is 2.15. The number of carbonyl (C=O) groups excluding carboxylic acids is 3. The lowest BCUT2D eigenvalue weighted by Crippen LogP contribution is -2.76. The third-order valence-electron chi connectivity index (χ3n) is 7.99. The number of ether oxygens (including phenoxy) is 3. The summed E-state index contributed by atoms with van der Waals surface area (Å²) < 4.78 is 23.1. The van der Waals surface area contributed by atoms with Crippen molar-refractivity contribution in [2.45, 2.75) is 90.6 Å². The minimum absolute atomic E-state index is 0.475. The molecule has 1 aromatic carbocycles. The van der Waals surface area contributed by atoms with Crippen LogP contribution in [0.25, 0.3) is 11.0 Å². The molecule has 4 rings (SSSR count). The molecule has 8 nitrogen and oxygen atoms in total. The van der Waals surface area contributed by atoms with Gasteiger partial charge in [0.15, 0.2) is 12.2 Å². The van der Waals surface area contributed by atoms with E-state index in [2.05, 4.69) is 0 Å². The van der Waals surface area contributed by atoms with Crippen LogP contribution < -0.4 is 0 Å². The molecule has 0 unspecified atom stereocenters. The molecule has 2 aliphatic rings. The average molecular weight is 473 g/mol. The van der Waals surface area contributed by atoms with Gasteiger partial charge in [-0.1, -0.05) is 13.8 Å². The number of esters is 3. The Morgan fingerprint density at radius 2 is 1.65 bits per heavy atom. The molecule has 2 aliphatic carbocycles. The van der Waals surface area contributed by atoms with Crippen LogP contribution in [0, 0.1) is 12.3 Å². The van der Waals surface area contributed by atoms with Gasteiger partial charge in [-0.3, -0.25) is 14.4 Å². The summed E-state index contributed by atoms with van der Waals surface area (Å²) in [7, 11) is 0. The van der Waals surface area contributed by atoms with E-state index in [0.717, 1.165) is 10.9 Å². The van der Waals surface area contributed by atoms with Crippen molar-refractivity contribution < 1.29 is 38.1 Å². The average Bonchev–Trinajstić information content (AvgIpc) is 3.19. The number of aryl methyl sites for hydroxylation is 1. The van der Waals surface area contributed by atoms with Crippen LogP contribution in [0.2, 0.25) is 0 Å². The minimum atomic E-state index is -1.76. The van der Waals surface area contributed by atoms with E-state index in [-0.39, 0.29) is 0 Å². The molecule has 34 heavy (non-hydrogen) atoms. The fourth-order valence-corrected chi connectivity index (χ4v) is 6.45. The molecule has 8 heteroatoms. The summed E-state index contributed by atoms with van der Waals surface area (Å²) in [4.78, 5) is 36.7. The minimum Gasteiger partial charge on any atom is -0.464 e. The van der Waals surface area contributed by atoms with Gasteiger partial charge in [0, 0.05) is 31.7 Å². The van der Waals surface area contributed by atoms with Gasteiger partial charge in [-0.2, -0.15) is 0 Å². The first-order chi connectivity index (χ1) is 15.8. The second-order valence-corrected chi connectivity index (χ2v) is 10.3. The Morgan fingerprint density at radius 3 is 2.24 bits per heavy atom. The van der Waals surface area contributed by atoms with E-state index in [9.17, 15) is 19.5 Å². The van der Waals surface area contributed by atoms with Crippen LogP contribution in [0.1, 0.15) is 77.2 Å². The first-order valence-corrected chi connectivity index (χ1v) is 11.5. The largest absolute Gasteiger partial charge is 0.464 e. The van der Waals surface area contributed by atoms with Crippen molar-refractivity contribution in [3.63, 3.8) is 0 Å². The van der Waals surface area contributed by atoms with Gasteiger partial charge in [-0.05, 0) is 55.4 Å². The van der Waals surface area contributed by atoms with Gasteiger partial charge in [0.05, 0.1) is 11.7 Å². The molecule has 0 radical (unpaired) electrons. The predicted octanol–water partition coefficient (Wildman–Crippen LogP) is 4.03. The molecule has 0 amide bonds. The molecule has 0 aliphatic heterocycles. The quantitative estimate of drug-likeness (QED) is 0.526. The van der Waals surface area contributed by atoms with Crippen molar-refractivity contribution in [3.05, 3.63) is 35.1 Å². The summed E-state index contributed by atoms with van der Waals surface area (Å²) in [6, 6.07) is 3.63. The van der Waals surface area contributed by atoms with E-state index in [4.69, 9.17) is 18.6 Å². The van der Waals surface area contributed by atoms with E-state index in [1.165, 1.54) is 20.8 Å². The van der Waals surface area contributed by atoms with Crippen LogP contribution in [0.3, 0.4) is 0 Å². The van der Waals surface area contributed by atoms with E-state index in [0.29, 0.717) is 29.6 Å². The molecule has 184 valence electrons. The normalized spacial score (nSPS) is 31.8. The van der Waals surface area contributed by atoms with Crippen molar-refractivity contribution in [1.29, 1.82) is 0 Å². The summed E-state index contributed by atoms with van der Waals surface area (Å²) in [5.41, 5.74) is -1.14. The number of carbonyl (C=O) groups is 3. The third kappa shape index (κ3) is 3.18. The molecule has 1 fully saturated rings. The number of aliphatic hydroxyl groups is 1. The van der Waals surface area contributed by atoms with Gasteiger partial charge in [-0.25, -0.2) is 0 Å². The van der Waals surface area contributed by atoms with Crippen LogP contribution in [0.15, 0.2) is 22.8 Å². The molecule has 5 atom stereocenters. The lowest BCUT2D eigenvalue weighted by molar-refractivity contribution is -0.274. The third-order valence-corrected chi connectivity index (χ3v) is 7.99. The van der Waals surface area contributed by atoms with Gasteiger partial charge in [0.2, 0.25) is 0 Å². The Hall–Kier alpha value is -2.87. The van der Waals surface area contributed by atoms with Crippen molar-refractivity contribution in [3.8, 4) is 0 Å². The number of benzene rings is 1. The zero-order valence-corrected chi connectivity index (χ0v) is 20.7. The van der Waals surface area contributed by atoms with Crippen LogP contribution in [-0.4, -0.2) is 40.8 Å². The molecule has 1 N–H and O–H groups in total. The SMILES string of the molecule is CC(=O)O[C@H]1CCC(C)(C)[C@]2(O)[C@@H](OC(C)=O)[C@@H](OC(C)=O)c3c(cc4occc4c3C)[C@]12C. The number of fused-ring (bicyclic) bond motifs is 4. The maximum Gasteiger partial charge on any atom is 0.303 e. The summed E-state index contributed by atoms with van der Waals surface area (Å²) in [5, 5.41) is 13.5. The van der Waals surface area contributed by atoms with Gasteiger partial charge < -0.3 is 23.7 Å². The predicted molar refractivity (Wildman–Crippen MR) is 122 cm³/mol. The van der Waals surface area contributed by atoms with Gasteiger partial charge >= 0.3 is 17.9 Å². The molecule has 1 saturated carbocycles. The lowest BCUT2D eigenvalue weighted by Gasteiger charge is -2.65. The Labute approximate surface area is 198 Å². The number of hydrogen-bond acceptors (Lipinski definition) is 8.